The van der Waals surface area contributed by atoms with Gasteiger partial charge in [0.25, 0.3) is 0 Å². The molecule has 1 N–H and O–H groups in total. The van der Waals surface area contributed by atoms with Crippen LogP contribution in [0.1, 0.15) is 15.9 Å². The Bertz CT molecular complexity index is 429. The molecule has 0 heterocycles. The quantitative estimate of drug-likeness (QED) is 0.591. The zero-order chi connectivity index (χ0) is 11.3. The second-order valence-electron chi connectivity index (χ2n) is 2.68. The van der Waals surface area contributed by atoms with Gasteiger partial charge < -0.3 is 9.84 Å². The summed E-state index contributed by atoms with van der Waals surface area (Å²) < 4.78 is 5.04. The number of carboxylic acids is 1. The molecule has 4 heteroatoms. The van der Waals surface area contributed by atoms with E-state index in [1.807, 2.05) is 0 Å². The highest BCUT2D eigenvalue weighted by atomic mass is 32.1. The lowest BCUT2D eigenvalue weighted by Gasteiger charge is -2.03. The van der Waals surface area contributed by atoms with E-state index in [9.17, 15) is 4.79 Å². The molecule has 3 nitrogen and oxygen atoms in total. The van der Waals surface area contributed by atoms with E-state index in [0.29, 0.717) is 17.1 Å². The van der Waals surface area contributed by atoms with Crippen molar-refractivity contribution in [2.75, 3.05) is 12.9 Å². The van der Waals surface area contributed by atoms with Crippen molar-refractivity contribution in [3.63, 3.8) is 0 Å². The largest absolute Gasteiger partial charge is 0.495 e. The Kier molecular flexibility index (Phi) is 4.07. The lowest BCUT2D eigenvalue weighted by atomic mass is 10.1. The molecule has 0 amide bonds. The van der Waals surface area contributed by atoms with Crippen LogP contribution in [0.2, 0.25) is 0 Å². The predicted octanol–water partition coefficient (Wildman–Crippen LogP) is 1.67. The maximum Gasteiger partial charge on any atom is 0.335 e. The van der Waals surface area contributed by atoms with Crippen molar-refractivity contribution in [1.29, 1.82) is 0 Å². The van der Waals surface area contributed by atoms with E-state index < -0.39 is 5.97 Å². The van der Waals surface area contributed by atoms with Crippen molar-refractivity contribution in [2.24, 2.45) is 0 Å². The van der Waals surface area contributed by atoms with Crippen LogP contribution in [0, 0.1) is 11.8 Å². The van der Waals surface area contributed by atoms with Gasteiger partial charge in [-0.1, -0.05) is 11.8 Å². The summed E-state index contributed by atoms with van der Waals surface area (Å²) in [7, 11) is 1.48. The highest BCUT2D eigenvalue weighted by Gasteiger charge is 2.06. The number of hydrogen-bond donors (Lipinski definition) is 2. The number of carbonyl (C=O) groups is 1. The van der Waals surface area contributed by atoms with E-state index in [1.165, 1.54) is 19.2 Å². The van der Waals surface area contributed by atoms with Crippen molar-refractivity contribution in [1.82, 2.24) is 0 Å². The fraction of sp³-hybridized carbons (Fsp3) is 0.182. The summed E-state index contributed by atoms with van der Waals surface area (Å²) in [6, 6.07) is 4.57. The second-order valence-corrected chi connectivity index (χ2v) is 3.00. The highest BCUT2D eigenvalue weighted by molar-refractivity contribution is 7.80. The lowest BCUT2D eigenvalue weighted by molar-refractivity contribution is 0.0696. The van der Waals surface area contributed by atoms with Gasteiger partial charge >= 0.3 is 5.97 Å². The van der Waals surface area contributed by atoms with Crippen LogP contribution in [-0.2, 0) is 0 Å². The Balaban J connectivity index is 3.14. The maximum absolute atomic E-state index is 10.7. The molecule has 0 fully saturated rings. The second kappa shape index (κ2) is 5.32. The topological polar surface area (TPSA) is 46.5 Å². The Hall–Kier alpha value is -1.60. The zero-order valence-electron chi connectivity index (χ0n) is 8.15. The third kappa shape index (κ3) is 2.93. The van der Waals surface area contributed by atoms with Crippen LogP contribution in [0.3, 0.4) is 0 Å². The number of thiol groups is 1. The van der Waals surface area contributed by atoms with Gasteiger partial charge in [0.2, 0.25) is 0 Å². The molecule has 0 aromatic heterocycles. The van der Waals surface area contributed by atoms with Crippen LogP contribution in [0.4, 0.5) is 0 Å². The van der Waals surface area contributed by atoms with Gasteiger partial charge in [0.1, 0.15) is 5.75 Å². The summed E-state index contributed by atoms with van der Waals surface area (Å²) in [5.74, 6) is 5.54. The molecule has 1 rings (SSSR count). The van der Waals surface area contributed by atoms with Crippen molar-refractivity contribution in [3.8, 4) is 17.6 Å². The lowest BCUT2D eigenvalue weighted by Crippen LogP contribution is -1.98. The van der Waals surface area contributed by atoms with Gasteiger partial charge in [0.15, 0.2) is 0 Å². The molecule has 0 spiro atoms. The van der Waals surface area contributed by atoms with Gasteiger partial charge in [-0.25, -0.2) is 4.79 Å². The number of carboxylic acid groups (broad SMARTS) is 1. The number of aromatic carboxylic acids is 1. The Morgan fingerprint density at radius 3 is 2.87 bits per heavy atom. The summed E-state index contributed by atoms with van der Waals surface area (Å²) in [6.45, 7) is 0. The molecule has 0 aliphatic rings. The first-order valence-electron chi connectivity index (χ1n) is 4.20. The van der Waals surface area contributed by atoms with E-state index in [0.717, 1.165) is 0 Å². The van der Waals surface area contributed by atoms with Gasteiger partial charge in [0, 0.05) is 0 Å². The van der Waals surface area contributed by atoms with E-state index in [1.54, 1.807) is 6.07 Å². The van der Waals surface area contributed by atoms with Gasteiger partial charge in [-0.3, -0.25) is 0 Å². The number of rotatable bonds is 2. The average molecular weight is 222 g/mol. The van der Waals surface area contributed by atoms with Crippen molar-refractivity contribution >= 4 is 18.6 Å². The van der Waals surface area contributed by atoms with Crippen molar-refractivity contribution in [3.05, 3.63) is 29.3 Å². The van der Waals surface area contributed by atoms with Crippen LogP contribution in [-0.4, -0.2) is 23.9 Å². The Morgan fingerprint density at radius 1 is 1.60 bits per heavy atom. The van der Waals surface area contributed by atoms with Crippen LogP contribution in [0.25, 0.3) is 0 Å². The van der Waals surface area contributed by atoms with Crippen LogP contribution in [0.5, 0.6) is 5.75 Å². The molecule has 0 saturated carbocycles. The summed E-state index contributed by atoms with van der Waals surface area (Å²) in [5, 5.41) is 8.77. The first-order chi connectivity index (χ1) is 7.19. The Morgan fingerprint density at radius 2 is 2.33 bits per heavy atom. The average Bonchev–Trinajstić information content (AvgIpc) is 2.25. The SMILES string of the molecule is COc1cc(C(=O)O)ccc1C#CCS. The third-order valence-electron chi connectivity index (χ3n) is 1.75. The fourth-order valence-corrected chi connectivity index (χ4v) is 1.14. The van der Waals surface area contributed by atoms with Gasteiger partial charge in [-0.15, -0.1) is 0 Å². The van der Waals surface area contributed by atoms with E-state index in [-0.39, 0.29) is 5.56 Å². The van der Waals surface area contributed by atoms with Gasteiger partial charge in [-0.05, 0) is 18.2 Å². The summed E-state index contributed by atoms with van der Waals surface area (Å²) in [6.07, 6.45) is 0. The molecule has 0 aliphatic carbocycles. The molecular weight excluding hydrogens is 212 g/mol. The van der Waals surface area contributed by atoms with Crippen LogP contribution in [0.15, 0.2) is 18.2 Å². The van der Waals surface area contributed by atoms with E-state index in [4.69, 9.17) is 9.84 Å². The van der Waals surface area contributed by atoms with Crippen molar-refractivity contribution < 1.29 is 14.6 Å². The summed E-state index contributed by atoms with van der Waals surface area (Å²) in [5.41, 5.74) is 0.847. The molecule has 0 radical (unpaired) electrons. The molecule has 78 valence electrons. The summed E-state index contributed by atoms with van der Waals surface area (Å²) >= 11 is 3.96. The minimum absolute atomic E-state index is 0.184. The minimum atomic E-state index is -0.984. The Labute approximate surface area is 93.5 Å². The molecule has 0 atom stereocenters. The molecule has 0 saturated heterocycles. The van der Waals surface area contributed by atoms with Crippen LogP contribution >= 0.6 is 12.6 Å². The van der Waals surface area contributed by atoms with Gasteiger partial charge in [-0.2, -0.15) is 12.6 Å². The van der Waals surface area contributed by atoms with Gasteiger partial charge in [0.05, 0.1) is 24.0 Å². The maximum atomic E-state index is 10.7. The summed E-state index contributed by atoms with van der Waals surface area (Å²) in [4.78, 5) is 10.7. The van der Waals surface area contributed by atoms with E-state index >= 15 is 0 Å². The smallest absolute Gasteiger partial charge is 0.335 e. The third-order valence-corrected chi connectivity index (χ3v) is 1.91. The predicted molar refractivity (Wildman–Crippen MR) is 60.7 cm³/mol. The number of ether oxygens (including phenoxy) is 1. The molecule has 1 aromatic rings. The van der Waals surface area contributed by atoms with E-state index in [2.05, 4.69) is 24.5 Å². The molecule has 0 aliphatic heterocycles. The highest BCUT2D eigenvalue weighted by Crippen LogP contribution is 2.19. The first kappa shape index (κ1) is 11.5. The van der Waals surface area contributed by atoms with Crippen molar-refractivity contribution in [2.45, 2.75) is 0 Å². The molecule has 0 unspecified atom stereocenters. The first-order valence-corrected chi connectivity index (χ1v) is 4.83. The molecular formula is C11H10O3S. The number of methoxy groups -OCH3 is 1. The molecule has 0 bridgehead atoms. The normalized spacial score (nSPS) is 8.93. The van der Waals surface area contributed by atoms with Crippen LogP contribution < -0.4 is 4.74 Å². The standard InChI is InChI=1S/C11H10O3S/c1-14-10-7-9(11(12)13)5-4-8(10)3-2-6-15/h4-5,7,15H,6H2,1H3,(H,12,13). The monoisotopic (exact) mass is 222 g/mol. The molecule has 15 heavy (non-hydrogen) atoms. The number of benzene rings is 1. The fourth-order valence-electron chi connectivity index (χ4n) is 1.06. The minimum Gasteiger partial charge on any atom is -0.495 e. The molecule has 1 aromatic carbocycles. The zero-order valence-corrected chi connectivity index (χ0v) is 9.04. The number of hydrogen-bond acceptors (Lipinski definition) is 3.